The van der Waals surface area contributed by atoms with E-state index in [4.69, 9.17) is 4.52 Å². The quantitative estimate of drug-likeness (QED) is 0.833. The molecule has 2 aromatic heterocycles. The molecule has 21 heavy (non-hydrogen) atoms. The Labute approximate surface area is 131 Å². The fraction of sp³-hybridized carbons (Fsp3) is 0.500. The van der Waals surface area contributed by atoms with Crippen molar-refractivity contribution in [2.24, 2.45) is 7.05 Å². The molecule has 3 rings (SSSR count). The van der Waals surface area contributed by atoms with Crippen molar-refractivity contribution in [3.63, 3.8) is 0 Å². The summed E-state index contributed by atoms with van der Waals surface area (Å²) in [5.74, 6) is 0.783. The van der Waals surface area contributed by atoms with Crippen molar-refractivity contribution in [1.29, 1.82) is 0 Å². The normalized spacial score (nSPS) is 18.5. The van der Waals surface area contributed by atoms with E-state index in [2.05, 4.69) is 26.2 Å². The van der Waals surface area contributed by atoms with E-state index >= 15 is 0 Å². The first-order chi connectivity index (χ1) is 10.0. The summed E-state index contributed by atoms with van der Waals surface area (Å²) in [4.78, 5) is 14.8. The maximum Gasteiger partial charge on any atom is 0.273 e. The molecule has 0 aliphatic carbocycles. The number of carbonyl (C=O) groups excluding carboxylic acids is 1. The van der Waals surface area contributed by atoms with E-state index in [-0.39, 0.29) is 11.9 Å². The molecular weight excluding hydrogens is 336 g/mol. The number of hydrogen-bond acceptors (Lipinski definition) is 4. The van der Waals surface area contributed by atoms with E-state index < -0.39 is 0 Å². The van der Waals surface area contributed by atoms with Crippen molar-refractivity contribution >= 4 is 21.8 Å². The third kappa shape index (κ3) is 2.29. The lowest BCUT2D eigenvalue weighted by molar-refractivity contribution is 0.0722. The van der Waals surface area contributed by atoms with Gasteiger partial charge in [0.05, 0.1) is 22.4 Å². The third-order valence-electron chi connectivity index (χ3n) is 4.03. The Morgan fingerprint density at radius 2 is 2.24 bits per heavy atom. The van der Waals surface area contributed by atoms with Gasteiger partial charge in [-0.25, -0.2) is 0 Å². The van der Waals surface area contributed by atoms with E-state index in [0.717, 1.165) is 40.9 Å². The maximum atomic E-state index is 12.9. The molecule has 112 valence electrons. The minimum Gasteiger partial charge on any atom is -0.361 e. The average molecular weight is 353 g/mol. The van der Waals surface area contributed by atoms with Gasteiger partial charge in [-0.05, 0) is 42.6 Å². The highest BCUT2D eigenvalue weighted by Gasteiger charge is 2.35. The number of hydrogen-bond donors (Lipinski definition) is 0. The monoisotopic (exact) mass is 352 g/mol. The molecule has 0 bridgehead atoms. The van der Waals surface area contributed by atoms with Crippen molar-refractivity contribution < 1.29 is 9.32 Å². The van der Waals surface area contributed by atoms with Crippen LogP contribution in [0.15, 0.2) is 15.2 Å². The highest BCUT2D eigenvalue weighted by Crippen LogP contribution is 2.37. The molecule has 1 aliphatic rings. The molecule has 0 spiro atoms. The van der Waals surface area contributed by atoms with E-state index in [0.29, 0.717) is 5.69 Å². The lowest BCUT2D eigenvalue weighted by Crippen LogP contribution is -2.32. The number of likely N-dealkylation sites (tertiary alicyclic amines) is 1. The van der Waals surface area contributed by atoms with Crippen LogP contribution in [0.2, 0.25) is 0 Å². The van der Waals surface area contributed by atoms with Gasteiger partial charge in [-0.1, -0.05) is 5.16 Å². The van der Waals surface area contributed by atoms with E-state index in [1.165, 1.54) is 0 Å². The minimum absolute atomic E-state index is 0.00984. The van der Waals surface area contributed by atoms with Gasteiger partial charge < -0.3 is 9.42 Å². The fourth-order valence-electron chi connectivity index (χ4n) is 3.06. The van der Waals surface area contributed by atoms with Crippen LogP contribution in [-0.4, -0.2) is 32.3 Å². The molecule has 7 heteroatoms. The summed E-state index contributed by atoms with van der Waals surface area (Å²) in [6.45, 7) is 4.56. The lowest BCUT2D eigenvalue weighted by atomic mass is 10.0. The second kappa shape index (κ2) is 5.29. The molecule has 0 unspecified atom stereocenters. The molecule has 1 amide bonds. The summed E-state index contributed by atoms with van der Waals surface area (Å²) in [6.07, 6.45) is 3.56. The molecular formula is C14H17BrN4O2. The standard InChI is InChI=1S/C14H17BrN4O2/c1-8-12(9(2)21-17-8)11-5-4-6-19(11)14(20)13-10(15)7-16-18(13)3/h7,11H,4-6H2,1-3H3/t11-/m1/s1. The molecule has 0 N–H and O–H groups in total. The summed E-state index contributed by atoms with van der Waals surface area (Å²) >= 11 is 3.40. The zero-order chi connectivity index (χ0) is 15.1. The van der Waals surface area contributed by atoms with Crippen LogP contribution < -0.4 is 0 Å². The summed E-state index contributed by atoms with van der Waals surface area (Å²) in [5, 5.41) is 8.14. The predicted molar refractivity (Wildman–Crippen MR) is 79.9 cm³/mol. The van der Waals surface area contributed by atoms with Gasteiger partial charge in [0.15, 0.2) is 0 Å². The van der Waals surface area contributed by atoms with Crippen LogP contribution in [0.5, 0.6) is 0 Å². The SMILES string of the molecule is Cc1noc(C)c1[C@H]1CCCN1C(=O)c1c(Br)cnn1C. The molecule has 6 nitrogen and oxygen atoms in total. The number of amides is 1. The summed E-state index contributed by atoms with van der Waals surface area (Å²) < 4.78 is 7.59. The first-order valence-electron chi connectivity index (χ1n) is 6.92. The molecule has 3 heterocycles. The van der Waals surface area contributed by atoms with Crippen LogP contribution >= 0.6 is 15.9 Å². The van der Waals surface area contributed by atoms with Crippen LogP contribution in [0.4, 0.5) is 0 Å². The third-order valence-corrected chi connectivity index (χ3v) is 4.61. The van der Waals surface area contributed by atoms with E-state index in [1.54, 1.807) is 17.9 Å². The number of aryl methyl sites for hydroxylation is 3. The Hall–Kier alpha value is -1.63. The maximum absolute atomic E-state index is 12.9. The molecule has 1 atom stereocenters. The molecule has 1 saturated heterocycles. The molecule has 1 aliphatic heterocycles. The Kier molecular flexibility index (Phi) is 3.61. The van der Waals surface area contributed by atoms with Crippen LogP contribution in [0, 0.1) is 13.8 Å². The Bertz CT molecular complexity index is 652. The highest BCUT2D eigenvalue weighted by molar-refractivity contribution is 9.10. The Morgan fingerprint density at radius 3 is 2.81 bits per heavy atom. The molecule has 2 aromatic rings. The number of halogens is 1. The molecule has 1 fully saturated rings. The number of carbonyl (C=O) groups is 1. The van der Waals surface area contributed by atoms with Crippen molar-refractivity contribution in [3.05, 3.63) is 33.4 Å². The van der Waals surface area contributed by atoms with Gasteiger partial charge in [-0.15, -0.1) is 0 Å². The summed E-state index contributed by atoms with van der Waals surface area (Å²) in [5.41, 5.74) is 2.48. The number of rotatable bonds is 2. The first kappa shape index (κ1) is 14.3. The van der Waals surface area contributed by atoms with Crippen LogP contribution in [0.25, 0.3) is 0 Å². The van der Waals surface area contributed by atoms with Gasteiger partial charge in [0.1, 0.15) is 11.5 Å². The van der Waals surface area contributed by atoms with Gasteiger partial charge in [-0.3, -0.25) is 9.48 Å². The first-order valence-corrected chi connectivity index (χ1v) is 7.71. The zero-order valence-corrected chi connectivity index (χ0v) is 13.8. The predicted octanol–water partition coefficient (Wildman–Crippen LogP) is 2.76. The van der Waals surface area contributed by atoms with E-state index in [1.807, 2.05) is 18.7 Å². The average Bonchev–Trinajstić information content (AvgIpc) is 3.11. The van der Waals surface area contributed by atoms with Gasteiger partial charge >= 0.3 is 0 Å². The fourth-order valence-corrected chi connectivity index (χ4v) is 3.58. The van der Waals surface area contributed by atoms with Gasteiger partial charge in [0.25, 0.3) is 5.91 Å². The van der Waals surface area contributed by atoms with E-state index in [9.17, 15) is 4.79 Å². The van der Waals surface area contributed by atoms with Crippen LogP contribution in [0.3, 0.4) is 0 Å². The smallest absolute Gasteiger partial charge is 0.273 e. The molecule has 0 radical (unpaired) electrons. The van der Waals surface area contributed by atoms with Crippen molar-refractivity contribution in [2.45, 2.75) is 32.7 Å². The van der Waals surface area contributed by atoms with Crippen molar-refractivity contribution in [3.8, 4) is 0 Å². The van der Waals surface area contributed by atoms with Crippen LogP contribution in [0.1, 0.15) is 46.4 Å². The van der Waals surface area contributed by atoms with Gasteiger partial charge in [-0.2, -0.15) is 5.10 Å². The van der Waals surface area contributed by atoms with Crippen molar-refractivity contribution in [1.82, 2.24) is 19.8 Å². The van der Waals surface area contributed by atoms with Gasteiger partial charge in [0, 0.05) is 19.2 Å². The zero-order valence-electron chi connectivity index (χ0n) is 12.3. The van der Waals surface area contributed by atoms with Crippen LogP contribution in [-0.2, 0) is 7.05 Å². The second-order valence-electron chi connectivity index (χ2n) is 5.36. The highest BCUT2D eigenvalue weighted by atomic mass is 79.9. The Morgan fingerprint density at radius 1 is 1.48 bits per heavy atom. The van der Waals surface area contributed by atoms with Gasteiger partial charge in [0.2, 0.25) is 0 Å². The molecule has 0 aromatic carbocycles. The Balaban J connectivity index is 1.97. The topological polar surface area (TPSA) is 64.2 Å². The number of aromatic nitrogens is 3. The lowest BCUT2D eigenvalue weighted by Gasteiger charge is -2.25. The summed E-state index contributed by atoms with van der Waals surface area (Å²) in [7, 11) is 1.78. The largest absolute Gasteiger partial charge is 0.361 e. The van der Waals surface area contributed by atoms with Crippen molar-refractivity contribution in [2.75, 3.05) is 6.54 Å². The second-order valence-corrected chi connectivity index (χ2v) is 6.21. The number of nitrogens with zero attached hydrogens (tertiary/aromatic N) is 4. The molecule has 0 saturated carbocycles. The minimum atomic E-state index is -0.00984. The summed E-state index contributed by atoms with van der Waals surface area (Å²) in [6, 6.07) is 0.0329.